The summed E-state index contributed by atoms with van der Waals surface area (Å²) in [4.78, 5) is 12.7. The van der Waals surface area contributed by atoms with Gasteiger partial charge >= 0.3 is 0 Å². The van der Waals surface area contributed by atoms with Crippen molar-refractivity contribution in [3.05, 3.63) is 69.8 Å². The van der Waals surface area contributed by atoms with Crippen molar-refractivity contribution in [1.82, 2.24) is 0 Å². The van der Waals surface area contributed by atoms with Crippen LogP contribution < -0.4 is 5.43 Å². The van der Waals surface area contributed by atoms with Crippen LogP contribution >= 0.6 is 11.6 Å². The van der Waals surface area contributed by atoms with E-state index in [1.54, 1.807) is 12.1 Å². The summed E-state index contributed by atoms with van der Waals surface area (Å²) in [5.74, 6) is 0. The van der Waals surface area contributed by atoms with E-state index >= 15 is 0 Å². The van der Waals surface area contributed by atoms with Gasteiger partial charge < -0.3 is 4.42 Å². The molecule has 3 heteroatoms. The van der Waals surface area contributed by atoms with E-state index in [9.17, 15) is 4.79 Å². The van der Waals surface area contributed by atoms with Crippen molar-refractivity contribution in [2.24, 2.45) is 0 Å². The summed E-state index contributed by atoms with van der Waals surface area (Å²) in [5.41, 5.74) is 1.17. The molecule has 0 aliphatic carbocycles. The van der Waals surface area contributed by atoms with Crippen LogP contribution in [0.1, 0.15) is 0 Å². The van der Waals surface area contributed by atoms with Crippen LogP contribution in [-0.4, -0.2) is 0 Å². The first kappa shape index (κ1) is 11.5. The van der Waals surface area contributed by atoms with Gasteiger partial charge in [0.25, 0.3) is 0 Å². The monoisotopic (exact) mass is 280 g/mol. The zero-order chi connectivity index (χ0) is 13.7. The average molecular weight is 281 g/mol. The van der Waals surface area contributed by atoms with Gasteiger partial charge in [0.1, 0.15) is 11.2 Å². The second-order valence-corrected chi connectivity index (χ2v) is 5.17. The minimum Gasteiger partial charge on any atom is -0.456 e. The number of rotatable bonds is 0. The summed E-state index contributed by atoms with van der Waals surface area (Å²) < 4.78 is 5.83. The Bertz CT molecular complexity index is 1030. The van der Waals surface area contributed by atoms with Crippen molar-refractivity contribution >= 4 is 44.3 Å². The van der Waals surface area contributed by atoms with Gasteiger partial charge in [0.2, 0.25) is 5.43 Å². The van der Waals surface area contributed by atoms with Crippen LogP contribution in [0.5, 0.6) is 0 Å². The van der Waals surface area contributed by atoms with E-state index in [1.165, 1.54) is 0 Å². The Labute approximate surface area is 119 Å². The van der Waals surface area contributed by atoms with Crippen molar-refractivity contribution < 1.29 is 4.42 Å². The van der Waals surface area contributed by atoms with Crippen molar-refractivity contribution in [3.8, 4) is 0 Å². The molecule has 3 aromatic carbocycles. The summed E-state index contributed by atoms with van der Waals surface area (Å²) in [6.45, 7) is 0. The number of para-hydroxylation sites is 1. The molecule has 0 radical (unpaired) electrons. The lowest BCUT2D eigenvalue weighted by Crippen LogP contribution is -2.02. The molecule has 96 valence electrons. The Balaban J connectivity index is 2.35. The zero-order valence-electron chi connectivity index (χ0n) is 10.4. The lowest BCUT2D eigenvalue weighted by molar-refractivity contribution is 0.660. The van der Waals surface area contributed by atoms with Crippen LogP contribution in [0.2, 0.25) is 5.02 Å². The molecule has 0 spiro atoms. The minimum atomic E-state index is -0.0188. The maximum Gasteiger partial charge on any atom is 0.201 e. The van der Waals surface area contributed by atoms with Gasteiger partial charge in [-0.2, -0.15) is 0 Å². The SMILES string of the molecule is O=c1c2ccccc2oc2ccc3ccc(Cl)cc3c12. The summed E-state index contributed by atoms with van der Waals surface area (Å²) in [7, 11) is 0. The van der Waals surface area contributed by atoms with E-state index in [0.29, 0.717) is 27.0 Å². The molecule has 0 saturated heterocycles. The smallest absolute Gasteiger partial charge is 0.201 e. The third kappa shape index (κ3) is 1.55. The molecule has 20 heavy (non-hydrogen) atoms. The molecule has 0 unspecified atom stereocenters. The van der Waals surface area contributed by atoms with Crippen molar-refractivity contribution in [1.29, 1.82) is 0 Å². The molecule has 2 nitrogen and oxygen atoms in total. The second kappa shape index (κ2) is 4.09. The molecule has 0 aliphatic rings. The largest absolute Gasteiger partial charge is 0.456 e. The van der Waals surface area contributed by atoms with Gasteiger partial charge in [-0.15, -0.1) is 0 Å². The number of fused-ring (bicyclic) bond motifs is 4. The van der Waals surface area contributed by atoms with Crippen LogP contribution in [0.15, 0.2) is 63.8 Å². The normalized spacial score (nSPS) is 11.4. The molecule has 0 bridgehead atoms. The Morgan fingerprint density at radius 1 is 0.850 bits per heavy atom. The van der Waals surface area contributed by atoms with E-state index < -0.39 is 0 Å². The topological polar surface area (TPSA) is 30.2 Å². The van der Waals surface area contributed by atoms with Crippen LogP contribution in [0, 0.1) is 0 Å². The quantitative estimate of drug-likeness (QED) is 0.344. The van der Waals surface area contributed by atoms with Crippen molar-refractivity contribution in [3.63, 3.8) is 0 Å². The third-order valence-electron chi connectivity index (χ3n) is 3.52. The van der Waals surface area contributed by atoms with E-state index in [1.807, 2.05) is 42.5 Å². The fraction of sp³-hybridized carbons (Fsp3) is 0. The molecule has 0 aliphatic heterocycles. The number of hydrogen-bond donors (Lipinski definition) is 0. The minimum absolute atomic E-state index is 0.0188. The Kier molecular flexibility index (Phi) is 2.35. The Hall–Kier alpha value is -2.32. The highest BCUT2D eigenvalue weighted by Crippen LogP contribution is 2.27. The van der Waals surface area contributed by atoms with Gasteiger partial charge in [0, 0.05) is 5.02 Å². The Morgan fingerprint density at radius 3 is 2.55 bits per heavy atom. The fourth-order valence-electron chi connectivity index (χ4n) is 2.59. The van der Waals surface area contributed by atoms with E-state index in [4.69, 9.17) is 16.0 Å². The van der Waals surface area contributed by atoms with Crippen molar-refractivity contribution in [2.45, 2.75) is 0 Å². The molecule has 0 amide bonds. The summed E-state index contributed by atoms with van der Waals surface area (Å²) >= 11 is 6.06. The molecule has 1 aromatic heterocycles. The molecule has 4 rings (SSSR count). The highest BCUT2D eigenvalue weighted by molar-refractivity contribution is 6.31. The number of hydrogen-bond acceptors (Lipinski definition) is 2. The molecular weight excluding hydrogens is 272 g/mol. The predicted octanol–water partition coefficient (Wildman–Crippen LogP) is 4.75. The molecule has 0 saturated carbocycles. The van der Waals surface area contributed by atoms with E-state index in [2.05, 4.69) is 0 Å². The number of halogens is 1. The van der Waals surface area contributed by atoms with Gasteiger partial charge in [0.05, 0.1) is 10.8 Å². The first-order valence-corrected chi connectivity index (χ1v) is 6.66. The molecule has 1 heterocycles. The number of benzene rings is 3. The summed E-state index contributed by atoms with van der Waals surface area (Å²) in [5, 5.41) is 3.59. The third-order valence-corrected chi connectivity index (χ3v) is 3.76. The van der Waals surface area contributed by atoms with Gasteiger partial charge in [-0.1, -0.05) is 35.9 Å². The van der Waals surface area contributed by atoms with Crippen LogP contribution in [0.25, 0.3) is 32.7 Å². The first-order valence-electron chi connectivity index (χ1n) is 6.28. The maximum absolute atomic E-state index is 12.7. The standard InChI is InChI=1S/C17H9ClO2/c18-11-7-5-10-6-8-15-16(13(10)9-11)17(19)12-3-1-2-4-14(12)20-15/h1-9H. The van der Waals surface area contributed by atoms with Crippen molar-refractivity contribution in [2.75, 3.05) is 0 Å². The zero-order valence-corrected chi connectivity index (χ0v) is 11.1. The van der Waals surface area contributed by atoms with Crippen LogP contribution in [-0.2, 0) is 0 Å². The molecule has 0 atom stereocenters. The molecule has 0 N–H and O–H groups in total. The lowest BCUT2D eigenvalue weighted by Gasteiger charge is -2.05. The highest BCUT2D eigenvalue weighted by atomic mass is 35.5. The maximum atomic E-state index is 12.7. The van der Waals surface area contributed by atoms with Gasteiger partial charge in [-0.3, -0.25) is 4.79 Å². The molecule has 0 fully saturated rings. The molecular formula is C17H9ClO2. The first-order chi connectivity index (χ1) is 9.74. The average Bonchev–Trinajstić information content (AvgIpc) is 2.47. The van der Waals surface area contributed by atoms with Crippen LogP contribution in [0.4, 0.5) is 0 Å². The Morgan fingerprint density at radius 2 is 1.65 bits per heavy atom. The highest BCUT2D eigenvalue weighted by Gasteiger charge is 2.10. The van der Waals surface area contributed by atoms with Gasteiger partial charge in [0.15, 0.2) is 0 Å². The second-order valence-electron chi connectivity index (χ2n) is 4.73. The van der Waals surface area contributed by atoms with Crippen LogP contribution in [0.3, 0.4) is 0 Å². The van der Waals surface area contributed by atoms with E-state index in [-0.39, 0.29) is 5.43 Å². The van der Waals surface area contributed by atoms with Gasteiger partial charge in [-0.05, 0) is 41.1 Å². The predicted molar refractivity (Wildman–Crippen MR) is 82.5 cm³/mol. The lowest BCUT2D eigenvalue weighted by atomic mass is 10.0. The summed E-state index contributed by atoms with van der Waals surface area (Å²) in [6.07, 6.45) is 0. The van der Waals surface area contributed by atoms with E-state index in [0.717, 1.165) is 10.8 Å². The fourth-order valence-corrected chi connectivity index (χ4v) is 2.76. The van der Waals surface area contributed by atoms with Gasteiger partial charge in [-0.25, -0.2) is 0 Å². The summed E-state index contributed by atoms with van der Waals surface area (Å²) in [6, 6.07) is 16.6. The molecule has 4 aromatic rings.